The number of halogens is 2. The van der Waals surface area contributed by atoms with Crippen LogP contribution in [0.3, 0.4) is 0 Å². The summed E-state index contributed by atoms with van der Waals surface area (Å²) in [5.41, 5.74) is 1.68. The predicted octanol–water partition coefficient (Wildman–Crippen LogP) is 2.87. The number of esters is 1. The number of ether oxygens (including phenoxy) is 1. The second-order valence-electron chi connectivity index (χ2n) is 5.08. The summed E-state index contributed by atoms with van der Waals surface area (Å²) in [6, 6.07) is 6.76. The number of carbonyl (C=O) groups excluding carboxylic acids is 1. The number of methoxy groups -OCH3 is 1. The number of pyridine rings is 1. The zero-order valence-corrected chi connectivity index (χ0v) is 11.5. The van der Waals surface area contributed by atoms with Gasteiger partial charge in [-0.25, -0.2) is 13.6 Å². The van der Waals surface area contributed by atoms with Gasteiger partial charge in [0, 0.05) is 30.2 Å². The first-order valence-corrected chi connectivity index (χ1v) is 6.60. The minimum absolute atomic E-state index is 0.151. The Morgan fingerprint density at radius 1 is 1.38 bits per heavy atom. The molecule has 0 aliphatic carbocycles. The van der Waals surface area contributed by atoms with Crippen molar-refractivity contribution in [1.29, 1.82) is 0 Å². The number of carbonyl (C=O) groups is 1. The molecule has 2 heterocycles. The number of fused-ring (bicyclic) bond motifs is 1. The van der Waals surface area contributed by atoms with Gasteiger partial charge >= 0.3 is 5.97 Å². The summed E-state index contributed by atoms with van der Waals surface area (Å²) < 4.78 is 31.4. The SMILES string of the molecule is COC(=O)c1ccnc2ccc(N3CCC(F)(F)C3)cc12. The zero-order valence-electron chi connectivity index (χ0n) is 11.5. The fourth-order valence-corrected chi connectivity index (χ4v) is 2.58. The Kier molecular flexibility index (Phi) is 3.23. The van der Waals surface area contributed by atoms with Crippen molar-refractivity contribution in [1.82, 2.24) is 4.98 Å². The van der Waals surface area contributed by atoms with Gasteiger partial charge in [0.05, 0.1) is 24.7 Å². The van der Waals surface area contributed by atoms with Crippen LogP contribution < -0.4 is 4.90 Å². The summed E-state index contributed by atoms with van der Waals surface area (Å²) >= 11 is 0. The Morgan fingerprint density at radius 3 is 2.86 bits per heavy atom. The van der Waals surface area contributed by atoms with Crippen LogP contribution in [0, 0.1) is 0 Å². The highest BCUT2D eigenvalue weighted by molar-refractivity contribution is 6.04. The van der Waals surface area contributed by atoms with Crippen LogP contribution >= 0.6 is 0 Å². The second-order valence-corrected chi connectivity index (χ2v) is 5.08. The topological polar surface area (TPSA) is 42.4 Å². The van der Waals surface area contributed by atoms with Crippen molar-refractivity contribution in [2.75, 3.05) is 25.1 Å². The zero-order chi connectivity index (χ0) is 15.0. The van der Waals surface area contributed by atoms with Gasteiger partial charge in [-0.05, 0) is 24.3 Å². The molecule has 3 rings (SSSR count). The normalized spacial score (nSPS) is 17.2. The van der Waals surface area contributed by atoms with E-state index >= 15 is 0 Å². The predicted molar refractivity (Wildman–Crippen MR) is 74.9 cm³/mol. The van der Waals surface area contributed by atoms with Gasteiger partial charge in [0.2, 0.25) is 0 Å². The number of hydrogen-bond acceptors (Lipinski definition) is 4. The summed E-state index contributed by atoms with van der Waals surface area (Å²) in [6.07, 6.45) is 1.38. The Bertz CT molecular complexity index is 703. The Balaban J connectivity index is 2.05. The molecule has 0 amide bonds. The minimum atomic E-state index is -2.66. The van der Waals surface area contributed by atoms with E-state index in [9.17, 15) is 13.6 Å². The van der Waals surface area contributed by atoms with Gasteiger partial charge in [-0.1, -0.05) is 0 Å². The van der Waals surface area contributed by atoms with Crippen molar-refractivity contribution >= 4 is 22.6 Å². The largest absolute Gasteiger partial charge is 0.465 e. The van der Waals surface area contributed by atoms with E-state index in [1.165, 1.54) is 13.3 Å². The lowest BCUT2D eigenvalue weighted by molar-refractivity contribution is 0.0257. The highest BCUT2D eigenvalue weighted by atomic mass is 19.3. The van der Waals surface area contributed by atoms with Crippen molar-refractivity contribution in [3.8, 4) is 0 Å². The molecule has 4 nitrogen and oxygen atoms in total. The Hall–Kier alpha value is -2.24. The average Bonchev–Trinajstić information content (AvgIpc) is 2.85. The lowest BCUT2D eigenvalue weighted by Gasteiger charge is -2.19. The second kappa shape index (κ2) is 4.95. The third-order valence-electron chi connectivity index (χ3n) is 3.67. The van der Waals surface area contributed by atoms with E-state index in [4.69, 9.17) is 4.74 Å². The number of nitrogens with zero attached hydrogens (tertiary/aromatic N) is 2. The van der Waals surface area contributed by atoms with Gasteiger partial charge in [0.1, 0.15) is 0 Å². The molecule has 0 saturated carbocycles. The molecule has 1 aromatic heterocycles. The van der Waals surface area contributed by atoms with E-state index in [1.807, 2.05) is 0 Å². The summed E-state index contributed by atoms with van der Waals surface area (Å²) in [7, 11) is 1.31. The highest BCUT2D eigenvalue weighted by Gasteiger charge is 2.38. The van der Waals surface area contributed by atoms with Crippen molar-refractivity contribution in [3.05, 3.63) is 36.0 Å². The molecular formula is C15H14F2N2O2. The maximum absolute atomic E-state index is 13.3. The van der Waals surface area contributed by atoms with E-state index in [0.29, 0.717) is 28.7 Å². The molecule has 1 aliphatic heterocycles. The van der Waals surface area contributed by atoms with Crippen LogP contribution in [0.4, 0.5) is 14.5 Å². The average molecular weight is 292 g/mol. The fourth-order valence-electron chi connectivity index (χ4n) is 2.58. The van der Waals surface area contributed by atoms with Crippen molar-refractivity contribution < 1.29 is 18.3 Å². The lowest BCUT2D eigenvalue weighted by Crippen LogP contribution is -2.24. The third kappa shape index (κ3) is 2.53. The first-order valence-electron chi connectivity index (χ1n) is 6.60. The summed E-state index contributed by atoms with van der Waals surface area (Å²) in [4.78, 5) is 17.6. The molecule has 1 aromatic carbocycles. The molecule has 1 saturated heterocycles. The molecule has 0 spiro atoms. The molecule has 6 heteroatoms. The third-order valence-corrected chi connectivity index (χ3v) is 3.67. The van der Waals surface area contributed by atoms with Crippen molar-refractivity contribution in [3.63, 3.8) is 0 Å². The van der Waals surface area contributed by atoms with Crippen LogP contribution in [-0.4, -0.2) is 37.1 Å². The van der Waals surface area contributed by atoms with E-state index in [2.05, 4.69) is 4.98 Å². The molecule has 0 unspecified atom stereocenters. The number of hydrogen-bond donors (Lipinski definition) is 0. The van der Waals surface area contributed by atoms with E-state index in [0.717, 1.165) is 0 Å². The molecule has 0 bridgehead atoms. The summed E-state index contributed by atoms with van der Waals surface area (Å²) in [5, 5.41) is 0.608. The molecule has 0 radical (unpaired) electrons. The van der Waals surface area contributed by atoms with Gasteiger partial charge in [-0.15, -0.1) is 0 Å². The quantitative estimate of drug-likeness (QED) is 0.798. The maximum Gasteiger partial charge on any atom is 0.338 e. The molecule has 21 heavy (non-hydrogen) atoms. The fraction of sp³-hybridized carbons (Fsp3) is 0.333. The molecular weight excluding hydrogens is 278 g/mol. The van der Waals surface area contributed by atoms with Gasteiger partial charge in [-0.2, -0.15) is 0 Å². The van der Waals surface area contributed by atoms with Crippen LogP contribution in [-0.2, 0) is 4.74 Å². The van der Waals surface area contributed by atoms with Crippen LogP contribution in [0.15, 0.2) is 30.5 Å². The highest BCUT2D eigenvalue weighted by Crippen LogP contribution is 2.32. The van der Waals surface area contributed by atoms with Crippen LogP contribution in [0.2, 0.25) is 0 Å². The smallest absolute Gasteiger partial charge is 0.338 e. The van der Waals surface area contributed by atoms with Crippen LogP contribution in [0.25, 0.3) is 10.9 Å². The van der Waals surface area contributed by atoms with Gasteiger partial charge in [0.15, 0.2) is 0 Å². The van der Waals surface area contributed by atoms with Gasteiger partial charge in [0.25, 0.3) is 5.92 Å². The molecule has 1 aliphatic rings. The van der Waals surface area contributed by atoms with Gasteiger partial charge in [-0.3, -0.25) is 4.98 Å². The van der Waals surface area contributed by atoms with E-state index in [1.54, 1.807) is 29.2 Å². The number of anilines is 1. The number of aromatic nitrogens is 1. The van der Waals surface area contributed by atoms with Crippen molar-refractivity contribution in [2.24, 2.45) is 0 Å². The minimum Gasteiger partial charge on any atom is -0.465 e. The van der Waals surface area contributed by atoms with Crippen molar-refractivity contribution in [2.45, 2.75) is 12.3 Å². The summed E-state index contributed by atoms with van der Waals surface area (Å²) in [6.45, 7) is -0.00134. The molecule has 1 fully saturated rings. The number of alkyl halides is 2. The molecule has 2 aromatic rings. The first kappa shape index (κ1) is 13.7. The Labute approximate surface area is 120 Å². The lowest BCUT2D eigenvalue weighted by atomic mass is 10.1. The standard InChI is InChI=1S/C15H14F2N2O2/c1-21-14(20)11-4-6-18-13-3-2-10(8-12(11)13)19-7-5-15(16,17)9-19/h2-4,6,8H,5,7,9H2,1H3. The Morgan fingerprint density at radius 2 is 2.19 bits per heavy atom. The number of rotatable bonds is 2. The molecule has 0 atom stereocenters. The van der Waals surface area contributed by atoms with Crippen LogP contribution in [0.1, 0.15) is 16.8 Å². The molecule has 0 N–H and O–H groups in total. The first-order chi connectivity index (χ1) is 10.00. The number of benzene rings is 1. The monoisotopic (exact) mass is 292 g/mol. The van der Waals surface area contributed by atoms with E-state index in [-0.39, 0.29) is 13.0 Å². The van der Waals surface area contributed by atoms with Crippen LogP contribution in [0.5, 0.6) is 0 Å². The summed E-state index contributed by atoms with van der Waals surface area (Å²) in [5.74, 6) is -3.12. The van der Waals surface area contributed by atoms with Gasteiger partial charge < -0.3 is 9.64 Å². The maximum atomic E-state index is 13.3. The van der Waals surface area contributed by atoms with E-state index < -0.39 is 11.9 Å². The molecule has 110 valence electrons.